The second-order valence-corrected chi connectivity index (χ2v) is 3.52. The maximum Gasteiger partial charge on any atom is 0.0946 e. The minimum atomic E-state index is 0.534. The highest BCUT2D eigenvalue weighted by atomic mass is 16.5. The fourth-order valence-corrected chi connectivity index (χ4v) is 1.11. The number of aromatic nitrogens is 2. The van der Waals surface area contributed by atoms with Gasteiger partial charge in [0.1, 0.15) is 0 Å². The van der Waals surface area contributed by atoms with E-state index < -0.39 is 0 Å². The van der Waals surface area contributed by atoms with E-state index in [2.05, 4.69) is 24.1 Å². The Bertz CT molecular complexity index is 221. The van der Waals surface area contributed by atoms with E-state index in [0.717, 1.165) is 26.3 Å². The van der Waals surface area contributed by atoms with Crippen molar-refractivity contribution < 1.29 is 4.74 Å². The van der Waals surface area contributed by atoms with Crippen molar-refractivity contribution in [2.24, 2.45) is 0 Å². The molecule has 0 radical (unpaired) electrons. The van der Waals surface area contributed by atoms with Crippen LogP contribution in [0.1, 0.15) is 13.8 Å². The molecule has 0 spiro atoms. The molecule has 14 heavy (non-hydrogen) atoms. The van der Waals surface area contributed by atoms with Crippen LogP contribution in [0, 0.1) is 0 Å². The monoisotopic (exact) mass is 197 g/mol. The maximum absolute atomic E-state index is 5.45. The zero-order chi connectivity index (χ0) is 10.2. The summed E-state index contributed by atoms with van der Waals surface area (Å²) < 4.78 is 7.46. The Kier molecular flexibility index (Phi) is 5.25. The van der Waals surface area contributed by atoms with E-state index in [1.54, 1.807) is 12.5 Å². The van der Waals surface area contributed by atoms with Crippen molar-refractivity contribution in [2.75, 3.05) is 19.8 Å². The van der Waals surface area contributed by atoms with E-state index >= 15 is 0 Å². The Morgan fingerprint density at radius 2 is 2.29 bits per heavy atom. The number of nitrogens with one attached hydrogen (secondary N) is 1. The van der Waals surface area contributed by atoms with E-state index in [0.29, 0.717) is 6.04 Å². The zero-order valence-corrected chi connectivity index (χ0v) is 8.94. The summed E-state index contributed by atoms with van der Waals surface area (Å²) in [5.41, 5.74) is 0. The fraction of sp³-hybridized carbons (Fsp3) is 0.700. The van der Waals surface area contributed by atoms with Gasteiger partial charge in [-0.3, -0.25) is 0 Å². The molecule has 1 aromatic rings. The van der Waals surface area contributed by atoms with Gasteiger partial charge in [-0.1, -0.05) is 13.8 Å². The molecule has 0 aliphatic heterocycles. The van der Waals surface area contributed by atoms with Gasteiger partial charge < -0.3 is 14.6 Å². The Labute approximate surface area is 85.3 Å². The van der Waals surface area contributed by atoms with Crippen LogP contribution < -0.4 is 5.32 Å². The lowest BCUT2D eigenvalue weighted by molar-refractivity contribution is 0.126. The number of hydrogen-bond acceptors (Lipinski definition) is 3. The van der Waals surface area contributed by atoms with Gasteiger partial charge in [0.25, 0.3) is 0 Å². The van der Waals surface area contributed by atoms with Gasteiger partial charge in [0, 0.05) is 31.5 Å². The van der Waals surface area contributed by atoms with Gasteiger partial charge in [-0.05, 0) is 0 Å². The Balaban J connectivity index is 1.90. The first-order valence-corrected chi connectivity index (χ1v) is 5.06. The minimum Gasteiger partial charge on any atom is -0.378 e. The summed E-state index contributed by atoms with van der Waals surface area (Å²) in [5, 5.41) is 3.29. The van der Waals surface area contributed by atoms with Crippen LogP contribution in [0.25, 0.3) is 0 Å². The molecular formula is C10H19N3O. The first-order chi connectivity index (χ1) is 6.79. The SMILES string of the molecule is CC(C)NCCOCCn1ccnc1. The zero-order valence-electron chi connectivity index (χ0n) is 8.94. The molecule has 0 saturated heterocycles. The molecule has 0 fully saturated rings. The number of rotatable bonds is 7. The van der Waals surface area contributed by atoms with Gasteiger partial charge >= 0.3 is 0 Å². The average molecular weight is 197 g/mol. The van der Waals surface area contributed by atoms with E-state index in [-0.39, 0.29) is 0 Å². The first kappa shape index (κ1) is 11.2. The normalized spacial score (nSPS) is 11.1. The van der Waals surface area contributed by atoms with Crippen molar-refractivity contribution in [2.45, 2.75) is 26.4 Å². The van der Waals surface area contributed by atoms with Crippen molar-refractivity contribution in [1.29, 1.82) is 0 Å². The van der Waals surface area contributed by atoms with E-state index in [9.17, 15) is 0 Å². The summed E-state index contributed by atoms with van der Waals surface area (Å²) in [5.74, 6) is 0. The lowest BCUT2D eigenvalue weighted by Gasteiger charge is -2.08. The molecule has 1 rings (SSSR count). The topological polar surface area (TPSA) is 39.1 Å². The van der Waals surface area contributed by atoms with Crippen molar-refractivity contribution >= 4 is 0 Å². The molecule has 0 aromatic carbocycles. The lowest BCUT2D eigenvalue weighted by atomic mass is 10.4. The molecule has 0 bridgehead atoms. The highest BCUT2D eigenvalue weighted by Gasteiger charge is 1.92. The number of nitrogens with zero attached hydrogens (tertiary/aromatic N) is 2. The molecule has 1 heterocycles. The standard InChI is InChI=1S/C10H19N3O/c1-10(2)12-4-7-14-8-6-13-5-3-11-9-13/h3,5,9-10,12H,4,6-8H2,1-2H3. The second-order valence-electron chi connectivity index (χ2n) is 3.52. The molecule has 0 aliphatic rings. The van der Waals surface area contributed by atoms with Crippen molar-refractivity contribution in [3.8, 4) is 0 Å². The minimum absolute atomic E-state index is 0.534. The highest BCUT2D eigenvalue weighted by molar-refractivity contribution is 4.73. The van der Waals surface area contributed by atoms with Crippen LogP contribution >= 0.6 is 0 Å². The smallest absolute Gasteiger partial charge is 0.0946 e. The molecule has 1 N–H and O–H groups in total. The lowest BCUT2D eigenvalue weighted by Crippen LogP contribution is -2.27. The van der Waals surface area contributed by atoms with Gasteiger partial charge in [-0.15, -0.1) is 0 Å². The Hall–Kier alpha value is -0.870. The van der Waals surface area contributed by atoms with Crippen LogP contribution in [0.4, 0.5) is 0 Å². The van der Waals surface area contributed by atoms with Crippen LogP contribution in [0.15, 0.2) is 18.7 Å². The third-order valence-electron chi connectivity index (χ3n) is 1.85. The number of ether oxygens (including phenoxy) is 1. The Morgan fingerprint density at radius 3 is 2.93 bits per heavy atom. The van der Waals surface area contributed by atoms with Crippen LogP contribution in [-0.4, -0.2) is 35.4 Å². The summed E-state index contributed by atoms with van der Waals surface area (Å²) in [6, 6.07) is 0.534. The van der Waals surface area contributed by atoms with Crippen LogP contribution in [-0.2, 0) is 11.3 Å². The summed E-state index contributed by atoms with van der Waals surface area (Å²) in [6.07, 6.45) is 5.52. The fourth-order valence-electron chi connectivity index (χ4n) is 1.11. The quantitative estimate of drug-likeness (QED) is 0.660. The Morgan fingerprint density at radius 1 is 1.43 bits per heavy atom. The summed E-state index contributed by atoms with van der Waals surface area (Å²) in [7, 11) is 0. The van der Waals surface area contributed by atoms with Gasteiger partial charge in [0.2, 0.25) is 0 Å². The molecule has 0 atom stereocenters. The predicted octanol–water partition coefficient (Wildman–Crippen LogP) is 0.898. The molecule has 4 heteroatoms. The van der Waals surface area contributed by atoms with Crippen LogP contribution in [0.5, 0.6) is 0 Å². The average Bonchev–Trinajstić information content (AvgIpc) is 2.63. The van der Waals surface area contributed by atoms with Crippen LogP contribution in [0.3, 0.4) is 0 Å². The first-order valence-electron chi connectivity index (χ1n) is 5.06. The van der Waals surface area contributed by atoms with E-state index in [1.807, 2.05) is 10.8 Å². The van der Waals surface area contributed by atoms with E-state index in [1.165, 1.54) is 0 Å². The third kappa shape index (κ3) is 4.99. The highest BCUT2D eigenvalue weighted by Crippen LogP contribution is 1.86. The second kappa shape index (κ2) is 6.56. The van der Waals surface area contributed by atoms with Crippen molar-refractivity contribution in [3.63, 3.8) is 0 Å². The number of imidazole rings is 1. The molecule has 0 amide bonds. The van der Waals surface area contributed by atoms with Gasteiger partial charge in [-0.25, -0.2) is 4.98 Å². The summed E-state index contributed by atoms with van der Waals surface area (Å²) >= 11 is 0. The summed E-state index contributed by atoms with van der Waals surface area (Å²) in [4.78, 5) is 3.96. The molecule has 80 valence electrons. The largest absolute Gasteiger partial charge is 0.378 e. The van der Waals surface area contributed by atoms with E-state index in [4.69, 9.17) is 4.74 Å². The molecule has 0 aliphatic carbocycles. The molecule has 1 aromatic heterocycles. The summed E-state index contributed by atoms with van der Waals surface area (Å²) in [6.45, 7) is 7.57. The van der Waals surface area contributed by atoms with Gasteiger partial charge in [0.15, 0.2) is 0 Å². The van der Waals surface area contributed by atoms with Crippen LogP contribution in [0.2, 0.25) is 0 Å². The molecular weight excluding hydrogens is 178 g/mol. The van der Waals surface area contributed by atoms with Crippen molar-refractivity contribution in [1.82, 2.24) is 14.9 Å². The van der Waals surface area contributed by atoms with Crippen molar-refractivity contribution in [3.05, 3.63) is 18.7 Å². The van der Waals surface area contributed by atoms with Gasteiger partial charge in [-0.2, -0.15) is 0 Å². The predicted molar refractivity (Wildman–Crippen MR) is 56.2 cm³/mol. The molecule has 0 saturated carbocycles. The van der Waals surface area contributed by atoms with Gasteiger partial charge in [0.05, 0.1) is 19.5 Å². The molecule has 4 nitrogen and oxygen atoms in total. The molecule has 0 unspecified atom stereocenters. The maximum atomic E-state index is 5.45. The number of hydrogen-bond donors (Lipinski definition) is 1. The third-order valence-corrected chi connectivity index (χ3v) is 1.85.